The number of urea groups is 1. The molecule has 1 N–H and O–H groups in total. The van der Waals surface area contributed by atoms with Crippen LogP contribution in [0.15, 0.2) is 24.3 Å². The number of benzene rings is 1. The van der Waals surface area contributed by atoms with E-state index in [1.54, 1.807) is 4.90 Å². The van der Waals surface area contributed by atoms with Crippen LogP contribution in [0.5, 0.6) is 0 Å². The van der Waals surface area contributed by atoms with Crippen molar-refractivity contribution in [2.45, 2.75) is 31.3 Å². The van der Waals surface area contributed by atoms with E-state index in [1.807, 2.05) is 11.9 Å². The van der Waals surface area contributed by atoms with Crippen molar-refractivity contribution in [3.63, 3.8) is 0 Å². The van der Waals surface area contributed by atoms with Crippen molar-refractivity contribution in [3.8, 4) is 0 Å². The average Bonchev–Trinajstić information content (AvgIpc) is 3.27. The third kappa shape index (κ3) is 3.75. The summed E-state index contributed by atoms with van der Waals surface area (Å²) in [7, 11) is 1.86. The van der Waals surface area contributed by atoms with Gasteiger partial charge in [-0.15, -0.1) is 0 Å². The van der Waals surface area contributed by atoms with Crippen LogP contribution >= 0.6 is 11.8 Å². The quantitative estimate of drug-likeness (QED) is 0.896. The number of likely N-dealkylation sites (N-methyl/N-ethyl adjacent to an activating group) is 1. The van der Waals surface area contributed by atoms with E-state index >= 15 is 0 Å². The first-order valence-electron chi connectivity index (χ1n) is 9.42. The molecule has 0 radical (unpaired) electrons. The molecular formula is C19H28N4OS. The standard InChI is InChI=1S/C19H28N4OS/c1-21-11-12-23(19(21)24)18-4-2-17(3-5-18)22-9-6-15(7-10-22)20-16-8-13-25-14-16/h2-5,15-16,20H,6-14H2,1H3/t16-/m1/s1. The van der Waals surface area contributed by atoms with Gasteiger partial charge in [0.1, 0.15) is 0 Å². The summed E-state index contributed by atoms with van der Waals surface area (Å²) in [6.45, 7) is 3.82. The predicted octanol–water partition coefficient (Wildman–Crippen LogP) is 2.62. The van der Waals surface area contributed by atoms with Crippen molar-refractivity contribution >= 4 is 29.2 Å². The van der Waals surface area contributed by atoms with E-state index in [1.165, 1.54) is 36.5 Å². The lowest BCUT2D eigenvalue weighted by atomic mass is 10.0. The Morgan fingerprint density at radius 2 is 1.68 bits per heavy atom. The molecule has 2 amide bonds. The molecule has 0 bridgehead atoms. The van der Waals surface area contributed by atoms with Gasteiger partial charge in [-0.1, -0.05) is 0 Å². The number of nitrogens with zero attached hydrogens (tertiary/aromatic N) is 3. The molecule has 136 valence electrons. The normalized spacial score (nSPS) is 25.2. The zero-order valence-corrected chi connectivity index (χ0v) is 15.8. The summed E-state index contributed by atoms with van der Waals surface area (Å²) in [6.07, 6.45) is 3.77. The maximum atomic E-state index is 12.1. The van der Waals surface area contributed by atoms with Crippen LogP contribution in [0.3, 0.4) is 0 Å². The van der Waals surface area contributed by atoms with Crippen LogP contribution in [0.25, 0.3) is 0 Å². The third-order valence-electron chi connectivity index (χ3n) is 5.64. The first-order valence-corrected chi connectivity index (χ1v) is 10.6. The topological polar surface area (TPSA) is 38.8 Å². The number of hydrogen-bond acceptors (Lipinski definition) is 4. The molecule has 4 rings (SSSR count). The largest absolute Gasteiger partial charge is 0.371 e. The second-order valence-corrected chi connectivity index (χ2v) is 8.51. The van der Waals surface area contributed by atoms with Gasteiger partial charge in [-0.3, -0.25) is 4.90 Å². The molecule has 0 spiro atoms. The highest BCUT2D eigenvalue weighted by Gasteiger charge is 2.27. The Hall–Kier alpha value is -1.40. The summed E-state index contributed by atoms with van der Waals surface area (Å²) in [5.41, 5.74) is 2.28. The number of nitrogens with one attached hydrogen (secondary N) is 1. The fourth-order valence-electron chi connectivity index (χ4n) is 4.03. The summed E-state index contributed by atoms with van der Waals surface area (Å²) >= 11 is 2.08. The zero-order chi connectivity index (χ0) is 17.2. The Labute approximate surface area is 154 Å². The molecule has 3 fully saturated rings. The molecule has 0 aliphatic carbocycles. The van der Waals surface area contributed by atoms with E-state index in [2.05, 4.69) is 46.2 Å². The Morgan fingerprint density at radius 1 is 0.960 bits per heavy atom. The Balaban J connectivity index is 1.31. The molecule has 3 saturated heterocycles. The molecule has 5 nitrogen and oxygen atoms in total. The van der Waals surface area contributed by atoms with Crippen LogP contribution < -0.4 is 15.1 Å². The van der Waals surface area contributed by atoms with Crippen molar-refractivity contribution in [2.24, 2.45) is 0 Å². The molecule has 0 unspecified atom stereocenters. The fourth-order valence-corrected chi connectivity index (χ4v) is 5.20. The summed E-state index contributed by atoms with van der Waals surface area (Å²) in [6, 6.07) is 10.0. The zero-order valence-electron chi connectivity index (χ0n) is 15.0. The van der Waals surface area contributed by atoms with Gasteiger partial charge >= 0.3 is 6.03 Å². The van der Waals surface area contributed by atoms with Gasteiger partial charge in [-0.25, -0.2) is 4.79 Å². The number of rotatable bonds is 4. The Morgan fingerprint density at radius 3 is 2.28 bits per heavy atom. The maximum absolute atomic E-state index is 12.1. The molecule has 3 aliphatic rings. The summed E-state index contributed by atoms with van der Waals surface area (Å²) < 4.78 is 0. The number of anilines is 2. The molecule has 0 saturated carbocycles. The van der Waals surface area contributed by atoms with E-state index in [4.69, 9.17) is 0 Å². The Kier molecular flexibility index (Phi) is 5.08. The predicted molar refractivity (Wildman–Crippen MR) is 106 cm³/mol. The van der Waals surface area contributed by atoms with E-state index in [0.717, 1.165) is 37.9 Å². The average molecular weight is 361 g/mol. The first kappa shape index (κ1) is 17.0. The van der Waals surface area contributed by atoms with Gasteiger partial charge in [0.25, 0.3) is 0 Å². The maximum Gasteiger partial charge on any atom is 0.324 e. The lowest BCUT2D eigenvalue weighted by molar-refractivity contribution is 0.229. The van der Waals surface area contributed by atoms with Gasteiger partial charge in [0, 0.05) is 62.4 Å². The fraction of sp³-hybridized carbons (Fsp3) is 0.632. The highest BCUT2D eigenvalue weighted by molar-refractivity contribution is 7.99. The minimum atomic E-state index is 0.102. The van der Waals surface area contributed by atoms with Crippen molar-refractivity contribution in [3.05, 3.63) is 24.3 Å². The Bertz CT molecular complexity index is 594. The van der Waals surface area contributed by atoms with Crippen LogP contribution in [0.1, 0.15) is 19.3 Å². The van der Waals surface area contributed by atoms with Gasteiger partial charge in [0.15, 0.2) is 0 Å². The molecule has 0 aromatic heterocycles. The second kappa shape index (κ2) is 7.46. The SMILES string of the molecule is CN1CCN(c2ccc(N3CCC(N[C@@H]4CCSC4)CC3)cc2)C1=O. The summed E-state index contributed by atoms with van der Waals surface area (Å²) in [4.78, 5) is 18.2. The van der Waals surface area contributed by atoms with Gasteiger partial charge < -0.3 is 15.1 Å². The van der Waals surface area contributed by atoms with Gasteiger partial charge in [0.05, 0.1) is 0 Å². The number of carbonyl (C=O) groups excluding carboxylic acids is 1. The van der Waals surface area contributed by atoms with Crippen molar-refractivity contribution in [2.75, 3.05) is 54.5 Å². The number of amides is 2. The van der Waals surface area contributed by atoms with Crippen molar-refractivity contribution in [1.82, 2.24) is 10.2 Å². The van der Waals surface area contributed by atoms with Crippen LogP contribution in [-0.2, 0) is 0 Å². The third-order valence-corrected chi connectivity index (χ3v) is 6.80. The number of piperidine rings is 1. The molecular weight excluding hydrogens is 332 g/mol. The molecule has 1 aromatic carbocycles. The first-order chi connectivity index (χ1) is 12.2. The summed E-state index contributed by atoms with van der Waals surface area (Å²) in [5, 5.41) is 3.85. The van der Waals surface area contributed by atoms with E-state index in [9.17, 15) is 4.79 Å². The molecule has 3 heterocycles. The lowest BCUT2D eigenvalue weighted by Crippen LogP contribution is -2.46. The smallest absolute Gasteiger partial charge is 0.324 e. The van der Waals surface area contributed by atoms with Crippen LogP contribution in [-0.4, -0.2) is 67.7 Å². The van der Waals surface area contributed by atoms with Gasteiger partial charge in [-0.2, -0.15) is 11.8 Å². The van der Waals surface area contributed by atoms with E-state index in [0.29, 0.717) is 6.04 Å². The highest BCUT2D eigenvalue weighted by Crippen LogP contribution is 2.26. The van der Waals surface area contributed by atoms with Crippen LogP contribution in [0, 0.1) is 0 Å². The minimum Gasteiger partial charge on any atom is -0.371 e. The van der Waals surface area contributed by atoms with E-state index < -0.39 is 0 Å². The molecule has 6 heteroatoms. The van der Waals surface area contributed by atoms with E-state index in [-0.39, 0.29) is 6.03 Å². The van der Waals surface area contributed by atoms with Crippen LogP contribution in [0.2, 0.25) is 0 Å². The molecule has 1 atom stereocenters. The lowest BCUT2D eigenvalue weighted by Gasteiger charge is -2.35. The van der Waals surface area contributed by atoms with Crippen molar-refractivity contribution in [1.29, 1.82) is 0 Å². The van der Waals surface area contributed by atoms with Crippen LogP contribution in [0.4, 0.5) is 16.2 Å². The number of carbonyl (C=O) groups is 1. The van der Waals surface area contributed by atoms with Gasteiger partial charge in [0.2, 0.25) is 0 Å². The minimum absolute atomic E-state index is 0.102. The second-order valence-electron chi connectivity index (χ2n) is 7.36. The highest BCUT2D eigenvalue weighted by atomic mass is 32.2. The molecule has 25 heavy (non-hydrogen) atoms. The molecule has 3 aliphatic heterocycles. The monoisotopic (exact) mass is 360 g/mol. The van der Waals surface area contributed by atoms with Crippen molar-refractivity contribution < 1.29 is 4.79 Å². The number of hydrogen-bond donors (Lipinski definition) is 1. The van der Waals surface area contributed by atoms with Gasteiger partial charge in [-0.05, 0) is 49.3 Å². The number of thioether (sulfide) groups is 1. The summed E-state index contributed by atoms with van der Waals surface area (Å²) in [5.74, 6) is 2.60. The molecule has 1 aromatic rings.